The van der Waals surface area contributed by atoms with Crippen molar-refractivity contribution in [3.05, 3.63) is 47.7 Å². The quantitative estimate of drug-likeness (QED) is 0.509. The van der Waals surface area contributed by atoms with Crippen LogP contribution in [0.5, 0.6) is 0 Å². The number of rotatable bonds is 8. The molecule has 10 heteroatoms. The lowest BCUT2D eigenvalue weighted by molar-refractivity contribution is 0.149. The predicted octanol–water partition coefficient (Wildman–Crippen LogP) is 4.74. The van der Waals surface area contributed by atoms with Crippen LogP contribution in [0.25, 0.3) is 22.3 Å². The van der Waals surface area contributed by atoms with Crippen molar-refractivity contribution in [1.29, 1.82) is 5.26 Å². The first-order chi connectivity index (χ1) is 15.7. The lowest BCUT2D eigenvalue weighted by Crippen LogP contribution is -2.34. The first kappa shape index (κ1) is 23.3. The molecule has 1 N–H and O–H groups in total. The van der Waals surface area contributed by atoms with E-state index in [-0.39, 0.29) is 17.4 Å². The van der Waals surface area contributed by atoms with Crippen LogP contribution in [0.2, 0.25) is 0 Å². The van der Waals surface area contributed by atoms with Crippen LogP contribution in [-0.2, 0) is 16.4 Å². The van der Waals surface area contributed by atoms with Crippen molar-refractivity contribution in [2.45, 2.75) is 56.0 Å². The molecule has 0 unspecified atom stereocenters. The first-order valence-electron chi connectivity index (χ1n) is 10.6. The molecule has 3 aromatic rings. The lowest BCUT2D eigenvalue weighted by atomic mass is 9.92. The van der Waals surface area contributed by atoms with Gasteiger partial charge in [0.15, 0.2) is 0 Å². The zero-order valence-corrected chi connectivity index (χ0v) is 18.7. The summed E-state index contributed by atoms with van der Waals surface area (Å²) in [5, 5.41) is 10.6. The average Bonchev–Trinajstić information content (AvgIpc) is 3.05. The normalized spacial score (nSPS) is 15.5. The number of alkyl halides is 3. The molecule has 0 saturated heterocycles. The van der Waals surface area contributed by atoms with E-state index in [1.165, 1.54) is 25.3 Å². The molecule has 1 saturated carbocycles. The van der Waals surface area contributed by atoms with E-state index in [0.29, 0.717) is 33.4 Å². The number of pyridine rings is 1. The summed E-state index contributed by atoms with van der Waals surface area (Å²) in [6.45, 7) is 0.573. The molecular formula is C23H23F3N4O2S. The monoisotopic (exact) mass is 476 g/mol. The minimum Gasteiger partial charge on any atom is -0.335 e. The van der Waals surface area contributed by atoms with Crippen LogP contribution in [0.3, 0.4) is 0 Å². The topological polar surface area (TPSA) is 87.8 Å². The van der Waals surface area contributed by atoms with Gasteiger partial charge in [-0.25, -0.2) is 26.3 Å². The smallest absolute Gasteiger partial charge is 0.242 e. The van der Waals surface area contributed by atoms with Crippen LogP contribution in [0.4, 0.5) is 13.2 Å². The Bertz CT molecular complexity index is 1310. The maximum absolute atomic E-state index is 13.0. The highest BCUT2D eigenvalue weighted by atomic mass is 32.2. The largest absolute Gasteiger partial charge is 0.335 e. The number of benzene rings is 1. The minimum atomic E-state index is -3.94. The Labute approximate surface area is 190 Å². The first-order valence-corrected chi connectivity index (χ1v) is 12.1. The van der Waals surface area contributed by atoms with Crippen LogP contribution in [0.15, 0.2) is 41.4 Å². The van der Waals surface area contributed by atoms with Gasteiger partial charge in [0, 0.05) is 30.1 Å². The number of nitrogens with one attached hydrogen (secondary N) is 1. The fourth-order valence-corrected chi connectivity index (χ4v) is 5.26. The Balaban J connectivity index is 1.84. The third-order valence-corrected chi connectivity index (χ3v) is 7.46. The van der Waals surface area contributed by atoms with Gasteiger partial charge in [-0.2, -0.15) is 5.26 Å². The molecule has 0 bridgehead atoms. The van der Waals surface area contributed by atoms with Crippen molar-refractivity contribution in [1.82, 2.24) is 14.3 Å². The summed E-state index contributed by atoms with van der Waals surface area (Å²) in [6, 6.07) is 9.31. The van der Waals surface area contributed by atoms with E-state index in [2.05, 4.69) is 15.8 Å². The number of hydrogen-bond acceptors (Lipinski definition) is 4. The number of nitrogens with zero attached hydrogens (tertiary/aromatic N) is 3. The lowest BCUT2D eigenvalue weighted by Gasteiger charge is -2.30. The number of halogens is 3. The molecule has 1 aliphatic rings. The molecule has 1 aromatic carbocycles. The Morgan fingerprint density at radius 2 is 2.03 bits per heavy atom. The second-order valence-electron chi connectivity index (χ2n) is 8.29. The summed E-state index contributed by atoms with van der Waals surface area (Å²) in [5.74, 6) is 0. The molecule has 0 radical (unpaired) electrons. The van der Waals surface area contributed by atoms with Gasteiger partial charge in [0.1, 0.15) is 17.6 Å². The van der Waals surface area contributed by atoms with Gasteiger partial charge in [-0.15, -0.1) is 0 Å². The van der Waals surface area contributed by atoms with Gasteiger partial charge >= 0.3 is 0 Å². The second-order valence-corrected chi connectivity index (χ2v) is 10.0. The zero-order valence-electron chi connectivity index (χ0n) is 17.9. The van der Waals surface area contributed by atoms with Gasteiger partial charge in [-0.1, -0.05) is 12.1 Å². The van der Waals surface area contributed by atoms with Crippen molar-refractivity contribution >= 4 is 20.9 Å². The molecule has 0 spiro atoms. The number of nitriles is 1. The Morgan fingerprint density at radius 1 is 1.27 bits per heavy atom. The van der Waals surface area contributed by atoms with Crippen LogP contribution >= 0.6 is 0 Å². The van der Waals surface area contributed by atoms with Gasteiger partial charge in [-0.05, 0) is 49.9 Å². The Kier molecular flexibility index (Phi) is 6.45. The van der Waals surface area contributed by atoms with Gasteiger partial charge < -0.3 is 4.57 Å². The number of fused-ring (bicyclic) bond motifs is 1. The molecule has 6 nitrogen and oxygen atoms in total. The van der Waals surface area contributed by atoms with Crippen molar-refractivity contribution in [3.63, 3.8) is 0 Å². The molecule has 2 heterocycles. The summed E-state index contributed by atoms with van der Waals surface area (Å²) >= 11 is 0. The summed E-state index contributed by atoms with van der Waals surface area (Å²) in [6.07, 6.45) is 1.11. The van der Waals surface area contributed by atoms with E-state index < -0.39 is 29.2 Å². The molecule has 1 fully saturated rings. The molecule has 174 valence electrons. The third kappa shape index (κ3) is 4.48. The highest BCUT2D eigenvalue weighted by Crippen LogP contribution is 2.42. The average molecular weight is 477 g/mol. The maximum Gasteiger partial charge on any atom is 0.242 e. The zero-order chi connectivity index (χ0) is 23.8. The van der Waals surface area contributed by atoms with E-state index in [4.69, 9.17) is 0 Å². The van der Waals surface area contributed by atoms with Crippen LogP contribution in [-0.4, -0.2) is 37.1 Å². The van der Waals surface area contributed by atoms with Gasteiger partial charge in [0.2, 0.25) is 16.4 Å². The fourth-order valence-electron chi connectivity index (χ4n) is 4.09. The van der Waals surface area contributed by atoms with E-state index in [1.54, 1.807) is 18.2 Å². The SMILES string of the molecule is C[C@@H](CF)NS(=O)(=O)c1ccc(-c2c(C#N)c3ccc(CC(F)F)cc3n2C2CCC2)nc1. The van der Waals surface area contributed by atoms with Crippen LogP contribution in [0, 0.1) is 11.3 Å². The number of hydrogen-bond donors (Lipinski definition) is 1. The maximum atomic E-state index is 13.0. The van der Waals surface area contributed by atoms with Crippen molar-refractivity contribution in [2.24, 2.45) is 0 Å². The predicted molar refractivity (Wildman–Crippen MR) is 118 cm³/mol. The molecular weight excluding hydrogens is 453 g/mol. The molecule has 4 rings (SSSR count). The summed E-state index contributed by atoms with van der Waals surface area (Å²) in [5.41, 5.74) is 2.49. The number of sulfonamides is 1. The summed E-state index contributed by atoms with van der Waals surface area (Å²) in [4.78, 5) is 4.20. The summed E-state index contributed by atoms with van der Waals surface area (Å²) < 4.78 is 67.7. The van der Waals surface area contributed by atoms with E-state index in [9.17, 15) is 26.9 Å². The highest BCUT2D eigenvalue weighted by molar-refractivity contribution is 7.89. The number of aromatic nitrogens is 2. The van der Waals surface area contributed by atoms with Crippen LogP contribution in [0.1, 0.15) is 43.4 Å². The third-order valence-electron chi connectivity index (χ3n) is 5.89. The van der Waals surface area contributed by atoms with Gasteiger partial charge in [0.25, 0.3) is 0 Å². The Morgan fingerprint density at radius 3 is 2.58 bits per heavy atom. The second kappa shape index (κ2) is 9.15. The van der Waals surface area contributed by atoms with Gasteiger partial charge in [0.05, 0.1) is 22.5 Å². The van der Waals surface area contributed by atoms with Crippen molar-refractivity contribution in [2.75, 3.05) is 6.67 Å². The van der Waals surface area contributed by atoms with E-state index in [1.807, 2.05) is 4.57 Å². The highest BCUT2D eigenvalue weighted by Gasteiger charge is 2.29. The molecule has 0 amide bonds. The molecule has 2 aromatic heterocycles. The van der Waals surface area contributed by atoms with E-state index >= 15 is 0 Å². The molecule has 1 atom stereocenters. The molecule has 33 heavy (non-hydrogen) atoms. The summed E-state index contributed by atoms with van der Waals surface area (Å²) in [7, 11) is -3.94. The van der Waals surface area contributed by atoms with Crippen LogP contribution < -0.4 is 4.72 Å². The van der Waals surface area contributed by atoms with Gasteiger partial charge in [-0.3, -0.25) is 4.98 Å². The molecule has 1 aliphatic carbocycles. The minimum absolute atomic E-state index is 0.101. The van der Waals surface area contributed by atoms with E-state index in [0.717, 1.165) is 19.3 Å². The Hall–Kier alpha value is -2.90. The fraction of sp³-hybridized carbons (Fsp3) is 0.391. The van der Waals surface area contributed by atoms with Crippen molar-refractivity contribution in [3.8, 4) is 17.5 Å². The standard InChI is InChI=1S/C23H23F3N4O2S/c1-14(11-24)29-33(31,32)17-6-8-20(28-13-17)23-19(12-27)18-7-5-15(10-22(25)26)9-21(18)30(23)16-3-2-4-16/h5-9,13-14,16,22,29H,2-4,10-11H2,1H3/t14-/m0/s1. The molecule has 0 aliphatic heterocycles. The van der Waals surface area contributed by atoms with Crippen molar-refractivity contribution < 1.29 is 21.6 Å².